The number of likely N-dealkylation sites (tertiary alicyclic amines) is 1. The van der Waals surface area contributed by atoms with Gasteiger partial charge in [0.1, 0.15) is 0 Å². The van der Waals surface area contributed by atoms with Crippen LogP contribution in [0.2, 0.25) is 0 Å². The van der Waals surface area contributed by atoms with E-state index in [1.165, 1.54) is 16.7 Å². The molecule has 0 aliphatic carbocycles. The molecule has 1 aliphatic rings. The van der Waals surface area contributed by atoms with Crippen LogP contribution in [0.4, 0.5) is 0 Å². The Hall–Kier alpha value is -2.33. The maximum atomic E-state index is 4.40. The first kappa shape index (κ1) is 19.4. The van der Waals surface area contributed by atoms with Crippen molar-refractivity contribution in [2.75, 3.05) is 26.7 Å². The van der Waals surface area contributed by atoms with Crippen LogP contribution >= 0.6 is 0 Å². The van der Waals surface area contributed by atoms with Crippen LogP contribution in [0.1, 0.15) is 29.5 Å². The summed E-state index contributed by atoms with van der Waals surface area (Å²) in [5.41, 5.74) is 4.09. The smallest absolute Gasteiger partial charge is 0.191 e. The molecule has 0 radical (unpaired) electrons. The van der Waals surface area contributed by atoms with Crippen molar-refractivity contribution in [1.82, 2.24) is 15.5 Å². The van der Waals surface area contributed by atoms with E-state index in [2.05, 4.69) is 82.0 Å². The predicted octanol–water partition coefficient (Wildman–Crippen LogP) is 3.37. The van der Waals surface area contributed by atoms with Crippen LogP contribution in [0.25, 0.3) is 0 Å². The Labute approximate surface area is 163 Å². The molecule has 1 aliphatic heterocycles. The molecule has 0 aromatic heterocycles. The highest BCUT2D eigenvalue weighted by atomic mass is 15.2. The molecule has 2 aromatic carbocycles. The van der Waals surface area contributed by atoms with Gasteiger partial charge in [-0.05, 0) is 37.3 Å². The normalized spacial score (nSPS) is 16.3. The van der Waals surface area contributed by atoms with Crippen LogP contribution in [-0.2, 0) is 13.0 Å². The summed E-state index contributed by atoms with van der Waals surface area (Å²) in [6, 6.07) is 20.0. The Morgan fingerprint density at radius 1 is 1.04 bits per heavy atom. The Bertz CT molecular complexity index is 718. The molecule has 2 N–H and O–H groups in total. The van der Waals surface area contributed by atoms with Gasteiger partial charge in [0.2, 0.25) is 0 Å². The van der Waals surface area contributed by atoms with E-state index in [9.17, 15) is 0 Å². The Morgan fingerprint density at radius 2 is 1.78 bits per heavy atom. The highest BCUT2D eigenvalue weighted by Gasteiger charge is 2.19. The zero-order chi connectivity index (χ0) is 18.9. The van der Waals surface area contributed by atoms with Crippen molar-refractivity contribution in [3.63, 3.8) is 0 Å². The van der Waals surface area contributed by atoms with Gasteiger partial charge in [-0.3, -0.25) is 9.89 Å². The molecule has 4 heteroatoms. The lowest BCUT2D eigenvalue weighted by Crippen LogP contribution is -2.48. The molecule has 1 saturated heterocycles. The van der Waals surface area contributed by atoms with Crippen LogP contribution in [0.15, 0.2) is 59.6 Å². The zero-order valence-electron chi connectivity index (χ0n) is 16.6. The number of piperidine rings is 1. The minimum Gasteiger partial charge on any atom is -0.356 e. The van der Waals surface area contributed by atoms with E-state index < -0.39 is 0 Å². The summed E-state index contributed by atoms with van der Waals surface area (Å²) in [6.45, 7) is 6.36. The van der Waals surface area contributed by atoms with Crippen molar-refractivity contribution in [1.29, 1.82) is 0 Å². The van der Waals surface area contributed by atoms with Crippen molar-refractivity contribution < 1.29 is 0 Å². The summed E-state index contributed by atoms with van der Waals surface area (Å²) >= 11 is 0. The number of hydrogen-bond donors (Lipinski definition) is 2. The Kier molecular flexibility index (Phi) is 7.28. The number of guanidine groups is 1. The van der Waals surface area contributed by atoms with Gasteiger partial charge in [-0.15, -0.1) is 0 Å². The molecule has 2 aromatic rings. The second kappa shape index (κ2) is 10.1. The van der Waals surface area contributed by atoms with E-state index in [4.69, 9.17) is 0 Å². The molecule has 1 fully saturated rings. The molecule has 0 saturated carbocycles. The Morgan fingerprint density at radius 3 is 2.48 bits per heavy atom. The van der Waals surface area contributed by atoms with Gasteiger partial charge in [0, 0.05) is 39.3 Å². The molecule has 1 heterocycles. The lowest BCUT2D eigenvalue weighted by Gasteiger charge is -2.33. The van der Waals surface area contributed by atoms with E-state index in [1.54, 1.807) is 0 Å². The molecule has 0 unspecified atom stereocenters. The van der Waals surface area contributed by atoms with Gasteiger partial charge in [-0.1, -0.05) is 60.2 Å². The second-order valence-electron chi connectivity index (χ2n) is 7.42. The molecular formula is C23H32N4. The van der Waals surface area contributed by atoms with Gasteiger partial charge < -0.3 is 10.6 Å². The molecule has 0 spiro atoms. The van der Waals surface area contributed by atoms with E-state index in [-0.39, 0.29) is 0 Å². The summed E-state index contributed by atoms with van der Waals surface area (Å²) in [5.74, 6) is 0.921. The molecule has 144 valence electrons. The molecule has 0 amide bonds. The van der Waals surface area contributed by atoms with E-state index in [0.717, 1.165) is 51.4 Å². The van der Waals surface area contributed by atoms with Crippen molar-refractivity contribution in [2.45, 2.75) is 38.8 Å². The summed E-state index contributed by atoms with van der Waals surface area (Å²) < 4.78 is 0. The third-order valence-corrected chi connectivity index (χ3v) is 5.19. The van der Waals surface area contributed by atoms with Crippen LogP contribution < -0.4 is 10.6 Å². The molecular weight excluding hydrogens is 332 g/mol. The lowest BCUT2D eigenvalue weighted by molar-refractivity contribution is 0.198. The fourth-order valence-corrected chi connectivity index (χ4v) is 3.66. The van der Waals surface area contributed by atoms with Crippen molar-refractivity contribution in [2.24, 2.45) is 4.99 Å². The van der Waals surface area contributed by atoms with Gasteiger partial charge in [0.15, 0.2) is 5.96 Å². The van der Waals surface area contributed by atoms with Gasteiger partial charge in [0.25, 0.3) is 0 Å². The average molecular weight is 365 g/mol. The quantitative estimate of drug-likeness (QED) is 0.610. The van der Waals surface area contributed by atoms with Crippen molar-refractivity contribution in [3.8, 4) is 0 Å². The van der Waals surface area contributed by atoms with Crippen LogP contribution in [0.5, 0.6) is 0 Å². The third kappa shape index (κ3) is 6.40. The second-order valence-corrected chi connectivity index (χ2v) is 7.42. The van der Waals surface area contributed by atoms with Gasteiger partial charge >= 0.3 is 0 Å². The minimum absolute atomic E-state index is 0.502. The van der Waals surface area contributed by atoms with Gasteiger partial charge in [0.05, 0.1) is 0 Å². The number of aliphatic imine (C=N–C) groups is 1. The third-order valence-electron chi connectivity index (χ3n) is 5.19. The number of aryl methyl sites for hydroxylation is 1. The lowest BCUT2D eigenvalue weighted by atomic mass is 10.0. The maximum absolute atomic E-state index is 4.40. The SMILES string of the molecule is CN=C(NCCc1cccc(C)c1)NC1CCN(Cc2ccccc2)CC1. The molecule has 4 nitrogen and oxygen atoms in total. The average Bonchev–Trinajstić information content (AvgIpc) is 2.69. The van der Waals surface area contributed by atoms with Crippen molar-refractivity contribution >= 4 is 5.96 Å². The molecule has 0 atom stereocenters. The summed E-state index contributed by atoms with van der Waals surface area (Å²) in [7, 11) is 1.85. The fraction of sp³-hybridized carbons (Fsp3) is 0.435. The van der Waals surface area contributed by atoms with Gasteiger partial charge in [-0.2, -0.15) is 0 Å². The largest absolute Gasteiger partial charge is 0.356 e. The zero-order valence-corrected chi connectivity index (χ0v) is 16.6. The first-order valence-corrected chi connectivity index (χ1v) is 10.0. The monoisotopic (exact) mass is 364 g/mol. The van der Waals surface area contributed by atoms with E-state index >= 15 is 0 Å². The van der Waals surface area contributed by atoms with Crippen molar-refractivity contribution in [3.05, 3.63) is 71.3 Å². The van der Waals surface area contributed by atoms with Crippen LogP contribution in [-0.4, -0.2) is 43.6 Å². The Balaban J connectivity index is 1.38. The summed E-state index contributed by atoms with van der Waals surface area (Å²) in [4.78, 5) is 6.94. The first-order chi connectivity index (χ1) is 13.2. The topological polar surface area (TPSA) is 39.7 Å². The highest BCUT2D eigenvalue weighted by Crippen LogP contribution is 2.13. The van der Waals surface area contributed by atoms with Gasteiger partial charge in [-0.25, -0.2) is 0 Å². The number of rotatable bonds is 6. The summed E-state index contributed by atoms with van der Waals surface area (Å²) in [6.07, 6.45) is 3.33. The number of nitrogens with zero attached hydrogens (tertiary/aromatic N) is 2. The predicted molar refractivity (Wildman–Crippen MR) is 114 cm³/mol. The van der Waals surface area contributed by atoms with E-state index in [1.807, 2.05) is 7.05 Å². The number of benzene rings is 2. The molecule has 27 heavy (non-hydrogen) atoms. The van der Waals surface area contributed by atoms with Crippen LogP contribution in [0.3, 0.4) is 0 Å². The maximum Gasteiger partial charge on any atom is 0.191 e. The fourth-order valence-electron chi connectivity index (χ4n) is 3.66. The molecule has 3 rings (SSSR count). The van der Waals surface area contributed by atoms with Crippen LogP contribution in [0, 0.1) is 6.92 Å². The standard InChI is InChI=1S/C23H32N4/c1-19-7-6-10-20(17-19)11-14-25-23(24-2)26-22-12-15-27(16-13-22)18-21-8-4-3-5-9-21/h3-10,17,22H,11-16,18H2,1-2H3,(H2,24,25,26). The minimum atomic E-state index is 0.502. The number of hydrogen-bond acceptors (Lipinski definition) is 2. The van der Waals surface area contributed by atoms with E-state index in [0.29, 0.717) is 6.04 Å². The number of nitrogens with one attached hydrogen (secondary N) is 2. The molecule has 0 bridgehead atoms. The first-order valence-electron chi connectivity index (χ1n) is 10.0. The highest BCUT2D eigenvalue weighted by molar-refractivity contribution is 5.79. The summed E-state index contributed by atoms with van der Waals surface area (Å²) in [5, 5.41) is 7.06.